The van der Waals surface area contributed by atoms with E-state index in [9.17, 15) is 4.79 Å². The van der Waals surface area contributed by atoms with Crippen LogP contribution in [-0.4, -0.2) is 67.7 Å². The molecule has 1 aliphatic heterocycles. The number of ether oxygens (including phenoxy) is 1. The van der Waals surface area contributed by atoms with Gasteiger partial charge in [0.05, 0.1) is 19.3 Å². The van der Waals surface area contributed by atoms with Gasteiger partial charge in [-0.2, -0.15) is 0 Å². The number of carbonyl (C=O) groups is 1. The van der Waals surface area contributed by atoms with Crippen molar-refractivity contribution in [1.82, 2.24) is 9.80 Å². The van der Waals surface area contributed by atoms with E-state index in [1.807, 2.05) is 18.2 Å². The number of amides is 1. The van der Waals surface area contributed by atoms with E-state index in [4.69, 9.17) is 4.74 Å². The van der Waals surface area contributed by atoms with E-state index < -0.39 is 0 Å². The van der Waals surface area contributed by atoms with Gasteiger partial charge in [0.2, 0.25) is 5.91 Å². The van der Waals surface area contributed by atoms with Crippen LogP contribution < -0.4 is 5.32 Å². The molecule has 1 saturated heterocycles. The van der Waals surface area contributed by atoms with Crippen molar-refractivity contribution in [3.63, 3.8) is 0 Å². The molecule has 1 heterocycles. The monoisotopic (exact) mass is 387 g/mol. The van der Waals surface area contributed by atoms with Crippen LogP contribution in [0, 0.1) is 5.92 Å². The number of benzene rings is 1. The van der Waals surface area contributed by atoms with Gasteiger partial charge < -0.3 is 10.1 Å². The lowest BCUT2D eigenvalue weighted by molar-refractivity contribution is -0.117. The van der Waals surface area contributed by atoms with Crippen molar-refractivity contribution in [2.75, 3.05) is 51.2 Å². The number of rotatable bonds is 8. The molecule has 0 unspecified atom stereocenters. The van der Waals surface area contributed by atoms with Crippen molar-refractivity contribution in [2.24, 2.45) is 5.92 Å². The zero-order chi connectivity index (χ0) is 19.8. The van der Waals surface area contributed by atoms with Crippen molar-refractivity contribution < 1.29 is 9.53 Å². The highest BCUT2D eigenvalue weighted by Crippen LogP contribution is 2.26. The van der Waals surface area contributed by atoms with Gasteiger partial charge in [0.1, 0.15) is 0 Å². The third kappa shape index (κ3) is 6.29. The Kier molecular flexibility index (Phi) is 8.31. The number of anilines is 1. The van der Waals surface area contributed by atoms with Crippen molar-refractivity contribution in [3.05, 3.63) is 29.8 Å². The van der Waals surface area contributed by atoms with Crippen LogP contribution >= 0.6 is 0 Å². The Balaban J connectivity index is 1.33. The Morgan fingerprint density at radius 3 is 2.57 bits per heavy atom. The highest BCUT2D eigenvalue weighted by atomic mass is 16.5. The van der Waals surface area contributed by atoms with Gasteiger partial charge in [-0.3, -0.25) is 14.6 Å². The number of hydrogen-bond acceptors (Lipinski definition) is 4. The van der Waals surface area contributed by atoms with Crippen LogP contribution in [0.3, 0.4) is 0 Å². The lowest BCUT2D eigenvalue weighted by atomic mass is 9.88. The maximum Gasteiger partial charge on any atom is 0.238 e. The number of aryl methyl sites for hydroxylation is 1. The number of piperazine rings is 1. The fraction of sp³-hybridized carbons (Fsp3) is 0.696. The average molecular weight is 388 g/mol. The van der Waals surface area contributed by atoms with Gasteiger partial charge in [0, 0.05) is 38.4 Å². The molecule has 156 valence electrons. The Labute approximate surface area is 170 Å². The van der Waals surface area contributed by atoms with Gasteiger partial charge >= 0.3 is 0 Å². The predicted octanol–water partition coefficient (Wildman–Crippen LogP) is 3.40. The Morgan fingerprint density at radius 1 is 1.11 bits per heavy atom. The van der Waals surface area contributed by atoms with Crippen LogP contribution in [0.2, 0.25) is 0 Å². The average Bonchev–Trinajstić information content (AvgIpc) is 2.71. The minimum absolute atomic E-state index is 0.0870. The number of carbonyl (C=O) groups excluding carboxylic acids is 1. The van der Waals surface area contributed by atoms with Gasteiger partial charge in [-0.05, 0) is 36.8 Å². The molecule has 1 aliphatic carbocycles. The first-order valence-electron chi connectivity index (χ1n) is 11.1. The molecule has 5 nitrogen and oxygen atoms in total. The lowest BCUT2D eigenvalue weighted by Crippen LogP contribution is -2.49. The fourth-order valence-electron chi connectivity index (χ4n) is 4.38. The second-order valence-corrected chi connectivity index (χ2v) is 8.35. The first kappa shape index (κ1) is 21.3. The summed E-state index contributed by atoms with van der Waals surface area (Å²) in [6, 6.07) is 8.06. The number of hydrogen-bond donors (Lipinski definition) is 1. The Hall–Kier alpha value is -1.43. The zero-order valence-corrected chi connectivity index (χ0v) is 17.7. The molecule has 1 saturated carbocycles. The fourth-order valence-corrected chi connectivity index (χ4v) is 4.38. The maximum absolute atomic E-state index is 12.4. The van der Waals surface area contributed by atoms with Crippen LogP contribution in [0.5, 0.6) is 0 Å². The maximum atomic E-state index is 12.4. The molecule has 0 spiro atoms. The SMILES string of the molecule is CCc1ccccc1NC(=O)CN1CCN(CCO[C@@H]2CCCC[C@H]2C)CC1. The standard InChI is InChI=1S/C23H37N3O2/c1-3-20-9-5-6-10-21(20)24-23(27)18-26-14-12-25(13-15-26)16-17-28-22-11-7-4-8-19(22)2/h5-6,9-10,19,22H,3-4,7-8,11-18H2,1-2H3,(H,24,27)/t19-,22-/m1/s1. The smallest absolute Gasteiger partial charge is 0.238 e. The van der Waals surface area contributed by atoms with E-state index in [2.05, 4.69) is 35.0 Å². The molecular weight excluding hydrogens is 350 g/mol. The van der Waals surface area contributed by atoms with Gasteiger partial charge in [-0.25, -0.2) is 0 Å². The second-order valence-electron chi connectivity index (χ2n) is 8.35. The second kappa shape index (κ2) is 10.9. The first-order valence-corrected chi connectivity index (χ1v) is 11.1. The van der Waals surface area contributed by atoms with E-state index in [1.165, 1.54) is 31.2 Å². The summed E-state index contributed by atoms with van der Waals surface area (Å²) < 4.78 is 6.16. The van der Waals surface area contributed by atoms with Gasteiger partial charge in [-0.15, -0.1) is 0 Å². The molecule has 0 radical (unpaired) electrons. The summed E-state index contributed by atoms with van der Waals surface area (Å²) in [5.41, 5.74) is 2.13. The normalized spacial score (nSPS) is 24.2. The highest BCUT2D eigenvalue weighted by molar-refractivity contribution is 5.93. The molecule has 28 heavy (non-hydrogen) atoms. The molecular formula is C23H37N3O2. The molecule has 1 aromatic rings. The van der Waals surface area contributed by atoms with E-state index in [0.717, 1.165) is 51.4 Å². The van der Waals surface area contributed by atoms with Crippen molar-refractivity contribution >= 4 is 11.6 Å². The van der Waals surface area contributed by atoms with Crippen LogP contribution in [0.15, 0.2) is 24.3 Å². The van der Waals surface area contributed by atoms with Crippen molar-refractivity contribution in [2.45, 2.75) is 52.1 Å². The van der Waals surface area contributed by atoms with Crippen LogP contribution in [0.1, 0.15) is 45.1 Å². The first-order chi connectivity index (χ1) is 13.7. The Bertz CT molecular complexity index is 614. The Morgan fingerprint density at radius 2 is 1.82 bits per heavy atom. The third-order valence-corrected chi connectivity index (χ3v) is 6.28. The third-order valence-electron chi connectivity index (χ3n) is 6.28. The summed E-state index contributed by atoms with van der Waals surface area (Å²) in [5, 5.41) is 3.08. The largest absolute Gasteiger partial charge is 0.377 e. The molecule has 1 N–H and O–H groups in total. The molecule has 3 rings (SSSR count). The minimum Gasteiger partial charge on any atom is -0.377 e. The summed E-state index contributed by atoms with van der Waals surface area (Å²) in [6.07, 6.45) is 6.61. The molecule has 2 aliphatic rings. The van der Waals surface area contributed by atoms with Gasteiger partial charge in [0.25, 0.3) is 0 Å². The molecule has 1 amide bonds. The minimum atomic E-state index is 0.0870. The zero-order valence-electron chi connectivity index (χ0n) is 17.7. The predicted molar refractivity (Wildman–Crippen MR) is 115 cm³/mol. The molecule has 5 heteroatoms. The molecule has 1 aromatic carbocycles. The summed E-state index contributed by atoms with van der Waals surface area (Å²) in [4.78, 5) is 17.1. The van der Waals surface area contributed by atoms with Crippen LogP contribution in [0.25, 0.3) is 0 Å². The van der Waals surface area contributed by atoms with E-state index >= 15 is 0 Å². The number of para-hydroxylation sites is 1. The quantitative estimate of drug-likeness (QED) is 0.743. The summed E-state index contributed by atoms with van der Waals surface area (Å²) >= 11 is 0. The van der Waals surface area contributed by atoms with Crippen molar-refractivity contribution in [1.29, 1.82) is 0 Å². The summed E-state index contributed by atoms with van der Waals surface area (Å²) in [7, 11) is 0. The highest BCUT2D eigenvalue weighted by Gasteiger charge is 2.23. The van der Waals surface area contributed by atoms with Gasteiger partial charge in [-0.1, -0.05) is 44.9 Å². The van der Waals surface area contributed by atoms with Crippen LogP contribution in [-0.2, 0) is 16.0 Å². The topological polar surface area (TPSA) is 44.8 Å². The molecule has 2 fully saturated rings. The van der Waals surface area contributed by atoms with E-state index in [-0.39, 0.29) is 5.91 Å². The molecule has 0 aromatic heterocycles. The van der Waals surface area contributed by atoms with Crippen LogP contribution in [0.4, 0.5) is 5.69 Å². The lowest BCUT2D eigenvalue weighted by Gasteiger charge is -2.35. The van der Waals surface area contributed by atoms with Gasteiger partial charge in [0.15, 0.2) is 0 Å². The number of nitrogens with one attached hydrogen (secondary N) is 1. The van der Waals surface area contributed by atoms with E-state index in [1.54, 1.807) is 0 Å². The number of nitrogens with zero attached hydrogens (tertiary/aromatic N) is 2. The molecule has 2 atom stereocenters. The summed E-state index contributed by atoms with van der Waals surface area (Å²) in [6.45, 7) is 10.7. The summed E-state index contributed by atoms with van der Waals surface area (Å²) in [5.74, 6) is 0.797. The molecule has 0 bridgehead atoms. The van der Waals surface area contributed by atoms with E-state index in [0.29, 0.717) is 18.6 Å². The van der Waals surface area contributed by atoms with Crippen molar-refractivity contribution in [3.8, 4) is 0 Å².